The molecule has 1 fully saturated rings. The Hall–Kier alpha value is -1.64. The van der Waals surface area contributed by atoms with Gasteiger partial charge in [0.2, 0.25) is 6.41 Å². The van der Waals surface area contributed by atoms with Crippen molar-refractivity contribution >= 4 is 17.9 Å². The standard InChI is InChI=1S/C16H21NO2/c1-17(12-18)15-10-8-14(9-11-15)16(19)13-6-4-2-3-5-7-13/h8-13H,2-7H2,1H3. The van der Waals surface area contributed by atoms with E-state index in [9.17, 15) is 9.59 Å². The van der Waals surface area contributed by atoms with Crippen LogP contribution in [0.2, 0.25) is 0 Å². The van der Waals surface area contributed by atoms with Crippen LogP contribution in [0, 0.1) is 5.92 Å². The van der Waals surface area contributed by atoms with E-state index in [0.29, 0.717) is 0 Å². The van der Waals surface area contributed by atoms with E-state index >= 15 is 0 Å². The topological polar surface area (TPSA) is 37.4 Å². The van der Waals surface area contributed by atoms with E-state index in [2.05, 4.69) is 0 Å². The van der Waals surface area contributed by atoms with Gasteiger partial charge in [-0.3, -0.25) is 9.59 Å². The van der Waals surface area contributed by atoms with Crippen LogP contribution in [0.15, 0.2) is 24.3 Å². The number of hydrogen-bond donors (Lipinski definition) is 0. The molecule has 0 atom stereocenters. The van der Waals surface area contributed by atoms with Gasteiger partial charge in [0.05, 0.1) is 0 Å². The molecule has 1 aromatic carbocycles. The molecular weight excluding hydrogens is 238 g/mol. The highest BCUT2D eigenvalue weighted by Gasteiger charge is 2.21. The first kappa shape index (κ1) is 13.8. The van der Waals surface area contributed by atoms with Gasteiger partial charge < -0.3 is 4.90 Å². The van der Waals surface area contributed by atoms with Gasteiger partial charge in [-0.2, -0.15) is 0 Å². The first-order valence-electron chi connectivity index (χ1n) is 7.05. The largest absolute Gasteiger partial charge is 0.318 e. The Morgan fingerprint density at radius 1 is 1.11 bits per heavy atom. The van der Waals surface area contributed by atoms with Crippen LogP contribution in [-0.2, 0) is 4.79 Å². The van der Waals surface area contributed by atoms with E-state index < -0.39 is 0 Å². The van der Waals surface area contributed by atoms with E-state index in [0.717, 1.165) is 30.5 Å². The van der Waals surface area contributed by atoms with Crippen LogP contribution in [0.1, 0.15) is 48.9 Å². The summed E-state index contributed by atoms with van der Waals surface area (Å²) in [6.45, 7) is 0. The molecule has 1 aliphatic rings. The maximum atomic E-state index is 12.4. The summed E-state index contributed by atoms with van der Waals surface area (Å²) in [7, 11) is 1.70. The van der Waals surface area contributed by atoms with Crippen LogP contribution in [0.3, 0.4) is 0 Å². The molecule has 0 bridgehead atoms. The first-order valence-corrected chi connectivity index (χ1v) is 7.05. The van der Waals surface area contributed by atoms with Crippen molar-refractivity contribution in [1.82, 2.24) is 0 Å². The third-order valence-corrected chi connectivity index (χ3v) is 3.94. The molecule has 19 heavy (non-hydrogen) atoms. The molecular formula is C16H21NO2. The summed E-state index contributed by atoms with van der Waals surface area (Å²) in [6, 6.07) is 7.34. The molecule has 0 radical (unpaired) electrons. The van der Waals surface area contributed by atoms with Gasteiger partial charge in [0.15, 0.2) is 5.78 Å². The number of amides is 1. The average Bonchev–Trinajstić information content (AvgIpc) is 2.75. The number of rotatable bonds is 4. The summed E-state index contributed by atoms with van der Waals surface area (Å²) < 4.78 is 0. The monoisotopic (exact) mass is 259 g/mol. The minimum atomic E-state index is 0.192. The Balaban J connectivity index is 2.08. The Labute approximate surface area is 114 Å². The van der Waals surface area contributed by atoms with E-state index in [1.807, 2.05) is 24.3 Å². The lowest BCUT2D eigenvalue weighted by atomic mass is 9.91. The number of carbonyl (C=O) groups is 2. The van der Waals surface area contributed by atoms with Gasteiger partial charge in [0, 0.05) is 24.2 Å². The Kier molecular flexibility index (Phi) is 4.72. The lowest BCUT2D eigenvalue weighted by molar-refractivity contribution is -0.107. The summed E-state index contributed by atoms with van der Waals surface area (Å²) in [6.07, 6.45) is 7.66. The lowest BCUT2D eigenvalue weighted by Crippen LogP contribution is -2.16. The molecule has 1 saturated carbocycles. The molecule has 1 aliphatic carbocycles. The zero-order valence-electron chi connectivity index (χ0n) is 11.5. The fraction of sp³-hybridized carbons (Fsp3) is 0.500. The Morgan fingerprint density at radius 2 is 1.68 bits per heavy atom. The second-order valence-corrected chi connectivity index (χ2v) is 5.32. The van der Waals surface area contributed by atoms with Gasteiger partial charge in [-0.05, 0) is 37.1 Å². The Bertz CT molecular complexity index is 431. The molecule has 0 unspecified atom stereocenters. The number of Topliss-reactive ketones (excluding diaryl/α,β-unsaturated/α-hetero) is 1. The van der Waals surface area contributed by atoms with Crippen molar-refractivity contribution in [3.63, 3.8) is 0 Å². The molecule has 102 valence electrons. The van der Waals surface area contributed by atoms with Crippen molar-refractivity contribution < 1.29 is 9.59 Å². The zero-order valence-corrected chi connectivity index (χ0v) is 11.5. The van der Waals surface area contributed by atoms with Crippen LogP contribution in [0.4, 0.5) is 5.69 Å². The predicted octanol–water partition coefficient (Wildman–Crippen LogP) is 3.43. The number of carbonyl (C=O) groups excluding carboxylic acids is 2. The minimum Gasteiger partial charge on any atom is -0.318 e. The molecule has 3 heteroatoms. The molecule has 0 N–H and O–H groups in total. The van der Waals surface area contributed by atoms with Crippen molar-refractivity contribution in [3.8, 4) is 0 Å². The fourth-order valence-electron chi connectivity index (χ4n) is 2.70. The van der Waals surface area contributed by atoms with Gasteiger partial charge in [0.1, 0.15) is 0 Å². The highest BCUT2D eigenvalue weighted by atomic mass is 16.1. The number of hydrogen-bond acceptors (Lipinski definition) is 2. The summed E-state index contributed by atoms with van der Waals surface area (Å²) in [4.78, 5) is 24.6. The molecule has 2 rings (SSSR count). The number of ketones is 1. The number of benzene rings is 1. The first-order chi connectivity index (χ1) is 9.22. The maximum Gasteiger partial charge on any atom is 0.213 e. The van der Waals surface area contributed by atoms with Gasteiger partial charge in [-0.1, -0.05) is 25.7 Å². The zero-order chi connectivity index (χ0) is 13.7. The normalized spacial score (nSPS) is 16.7. The molecule has 1 amide bonds. The van der Waals surface area contributed by atoms with E-state index in [1.54, 1.807) is 7.05 Å². The smallest absolute Gasteiger partial charge is 0.213 e. The van der Waals surface area contributed by atoms with E-state index in [1.165, 1.54) is 30.6 Å². The van der Waals surface area contributed by atoms with Gasteiger partial charge in [0.25, 0.3) is 0 Å². The SMILES string of the molecule is CN(C=O)c1ccc(C(=O)C2CCCCCC2)cc1. The summed E-state index contributed by atoms with van der Waals surface area (Å²) in [5, 5.41) is 0. The predicted molar refractivity (Wildman–Crippen MR) is 76.4 cm³/mol. The van der Waals surface area contributed by atoms with Crippen LogP contribution in [0.5, 0.6) is 0 Å². The molecule has 0 aromatic heterocycles. The average molecular weight is 259 g/mol. The molecule has 0 spiro atoms. The van der Waals surface area contributed by atoms with Crippen molar-refractivity contribution in [2.45, 2.75) is 38.5 Å². The van der Waals surface area contributed by atoms with Crippen molar-refractivity contribution in [1.29, 1.82) is 0 Å². The maximum absolute atomic E-state index is 12.4. The molecule has 0 aliphatic heterocycles. The van der Waals surface area contributed by atoms with Gasteiger partial charge >= 0.3 is 0 Å². The number of nitrogens with zero attached hydrogens (tertiary/aromatic N) is 1. The van der Waals surface area contributed by atoms with Crippen LogP contribution >= 0.6 is 0 Å². The fourth-order valence-corrected chi connectivity index (χ4v) is 2.70. The second-order valence-electron chi connectivity index (χ2n) is 5.32. The van der Waals surface area contributed by atoms with Crippen LogP contribution < -0.4 is 4.90 Å². The highest BCUT2D eigenvalue weighted by molar-refractivity contribution is 5.98. The Morgan fingerprint density at radius 3 is 2.21 bits per heavy atom. The lowest BCUT2D eigenvalue weighted by Gasteiger charge is -2.14. The van der Waals surface area contributed by atoms with E-state index in [-0.39, 0.29) is 11.7 Å². The van der Waals surface area contributed by atoms with Crippen molar-refractivity contribution in [2.24, 2.45) is 5.92 Å². The van der Waals surface area contributed by atoms with E-state index in [4.69, 9.17) is 0 Å². The highest BCUT2D eigenvalue weighted by Crippen LogP contribution is 2.26. The summed E-state index contributed by atoms with van der Waals surface area (Å²) in [5.41, 5.74) is 1.59. The van der Waals surface area contributed by atoms with Gasteiger partial charge in [-0.15, -0.1) is 0 Å². The third-order valence-electron chi connectivity index (χ3n) is 3.94. The quantitative estimate of drug-likeness (QED) is 0.472. The second kappa shape index (κ2) is 6.50. The molecule has 1 aromatic rings. The molecule has 0 saturated heterocycles. The molecule has 0 heterocycles. The van der Waals surface area contributed by atoms with Crippen molar-refractivity contribution in [3.05, 3.63) is 29.8 Å². The van der Waals surface area contributed by atoms with Crippen LogP contribution in [-0.4, -0.2) is 19.2 Å². The summed E-state index contributed by atoms with van der Waals surface area (Å²) in [5.74, 6) is 0.458. The van der Waals surface area contributed by atoms with Crippen molar-refractivity contribution in [2.75, 3.05) is 11.9 Å². The number of anilines is 1. The third kappa shape index (κ3) is 3.43. The minimum absolute atomic E-state index is 0.192. The molecule has 3 nitrogen and oxygen atoms in total. The van der Waals surface area contributed by atoms with Gasteiger partial charge in [-0.25, -0.2) is 0 Å². The van der Waals surface area contributed by atoms with Crippen LogP contribution in [0.25, 0.3) is 0 Å². The summed E-state index contributed by atoms with van der Waals surface area (Å²) >= 11 is 0.